The second-order valence-corrected chi connectivity index (χ2v) is 5.04. The van der Waals surface area contributed by atoms with E-state index in [-0.39, 0.29) is 24.2 Å². The van der Waals surface area contributed by atoms with Crippen LogP contribution in [0.4, 0.5) is 5.69 Å². The van der Waals surface area contributed by atoms with Gasteiger partial charge in [0.25, 0.3) is 0 Å². The monoisotopic (exact) mass is 284 g/mol. The summed E-state index contributed by atoms with van der Waals surface area (Å²) in [6.07, 6.45) is 1.82. The van der Waals surface area contributed by atoms with Gasteiger partial charge in [0.05, 0.1) is 18.7 Å². The summed E-state index contributed by atoms with van der Waals surface area (Å²) >= 11 is 0. The van der Waals surface area contributed by atoms with E-state index in [1.807, 2.05) is 30.3 Å². The van der Waals surface area contributed by atoms with Crippen LogP contribution in [0, 0.1) is 5.92 Å². The van der Waals surface area contributed by atoms with Gasteiger partial charge in [0.2, 0.25) is 11.8 Å². The summed E-state index contributed by atoms with van der Waals surface area (Å²) in [5.41, 5.74) is 0.837. The van der Waals surface area contributed by atoms with Crippen LogP contribution in [0.15, 0.2) is 53.1 Å². The molecule has 0 spiro atoms. The van der Waals surface area contributed by atoms with Gasteiger partial charge in [0.1, 0.15) is 5.76 Å². The number of carbonyl (C=O) groups is 2. The molecule has 2 amide bonds. The Kier molecular flexibility index (Phi) is 3.73. The maximum absolute atomic E-state index is 12.1. The smallest absolute Gasteiger partial charge is 0.227 e. The number of furan rings is 1. The van der Waals surface area contributed by atoms with Crippen molar-refractivity contribution < 1.29 is 14.0 Å². The standard InChI is InChI=1S/C16H16N2O3/c19-15-9-12(11-18(15)13-5-2-1-3-6-13)16(20)17-10-14-7-4-8-21-14/h1-8,12H,9-11H2,(H,17,20)/t12-/m0/s1. The number of nitrogens with zero attached hydrogens (tertiary/aromatic N) is 1. The molecule has 3 rings (SSSR count). The number of para-hydroxylation sites is 1. The van der Waals surface area contributed by atoms with Crippen LogP contribution >= 0.6 is 0 Å². The molecule has 1 aliphatic rings. The molecule has 108 valence electrons. The molecule has 1 fully saturated rings. The van der Waals surface area contributed by atoms with Gasteiger partial charge in [-0.1, -0.05) is 18.2 Å². The highest BCUT2D eigenvalue weighted by atomic mass is 16.3. The molecule has 0 bridgehead atoms. The van der Waals surface area contributed by atoms with Crippen LogP contribution in [0.25, 0.3) is 0 Å². The summed E-state index contributed by atoms with van der Waals surface area (Å²) < 4.78 is 5.17. The van der Waals surface area contributed by atoms with Crippen molar-refractivity contribution in [1.82, 2.24) is 5.32 Å². The van der Waals surface area contributed by atoms with Crippen molar-refractivity contribution in [3.63, 3.8) is 0 Å². The van der Waals surface area contributed by atoms with Gasteiger partial charge in [-0.25, -0.2) is 0 Å². The largest absolute Gasteiger partial charge is 0.467 e. The molecule has 1 aliphatic heterocycles. The lowest BCUT2D eigenvalue weighted by Gasteiger charge is -2.16. The molecule has 5 heteroatoms. The molecule has 5 nitrogen and oxygen atoms in total. The number of amides is 2. The summed E-state index contributed by atoms with van der Waals surface area (Å²) in [5.74, 6) is 0.262. The number of carbonyl (C=O) groups excluding carboxylic acids is 2. The van der Waals surface area contributed by atoms with E-state index >= 15 is 0 Å². The third-order valence-corrected chi connectivity index (χ3v) is 3.58. The molecular weight excluding hydrogens is 268 g/mol. The van der Waals surface area contributed by atoms with Gasteiger partial charge in [0.15, 0.2) is 0 Å². The first-order valence-corrected chi connectivity index (χ1v) is 6.89. The van der Waals surface area contributed by atoms with Gasteiger partial charge < -0.3 is 14.6 Å². The number of hydrogen-bond acceptors (Lipinski definition) is 3. The minimum atomic E-state index is -0.312. The van der Waals surface area contributed by atoms with E-state index < -0.39 is 0 Å². The zero-order chi connectivity index (χ0) is 14.7. The van der Waals surface area contributed by atoms with Crippen molar-refractivity contribution in [2.45, 2.75) is 13.0 Å². The Labute approximate surface area is 122 Å². The highest BCUT2D eigenvalue weighted by Crippen LogP contribution is 2.24. The van der Waals surface area contributed by atoms with Gasteiger partial charge in [-0.15, -0.1) is 0 Å². The zero-order valence-corrected chi connectivity index (χ0v) is 11.5. The lowest BCUT2D eigenvalue weighted by Crippen LogP contribution is -2.32. The van der Waals surface area contributed by atoms with Crippen LogP contribution in [0.2, 0.25) is 0 Å². The number of nitrogens with one attached hydrogen (secondary N) is 1. The van der Waals surface area contributed by atoms with E-state index in [0.717, 1.165) is 5.69 Å². The van der Waals surface area contributed by atoms with Crippen LogP contribution in [-0.2, 0) is 16.1 Å². The van der Waals surface area contributed by atoms with E-state index in [9.17, 15) is 9.59 Å². The van der Waals surface area contributed by atoms with E-state index in [1.165, 1.54) is 0 Å². The summed E-state index contributed by atoms with van der Waals surface area (Å²) in [6, 6.07) is 13.0. The third-order valence-electron chi connectivity index (χ3n) is 3.58. The molecular formula is C16H16N2O3. The minimum Gasteiger partial charge on any atom is -0.467 e. The predicted molar refractivity (Wildman–Crippen MR) is 77.5 cm³/mol. The molecule has 1 atom stereocenters. The topological polar surface area (TPSA) is 62.6 Å². The number of rotatable bonds is 4. The molecule has 2 aromatic rings. The molecule has 1 saturated heterocycles. The molecule has 0 unspecified atom stereocenters. The van der Waals surface area contributed by atoms with Gasteiger partial charge in [-0.05, 0) is 24.3 Å². The Balaban J connectivity index is 1.60. The highest BCUT2D eigenvalue weighted by molar-refractivity contribution is 6.00. The maximum atomic E-state index is 12.1. The molecule has 1 aromatic heterocycles. The molecule has 1 aromatic carbocycles. The SMILES string of the molecule is O=C(NCc1ccco1)[C@H]1CC(=O)N(c2ccccc2)C1. The zero-order valence-electron chi connectivity index (χ0n) is 11.5. The fourth-order valence-corrected chi connectivity index (χ4v) is 2.47. The van der Waals surface area contributed by atoms with Gasteiger partial charge in [0, 0.05) is 18.7 Å². The molecule has 0 aliphatic carbocycles. The average Bonchev–Trinajstić information content (AvgIpc) is 3.15. The summed E-state index contributed by atoms with van der Waals surface area (Å²) in [7, 11) is 0. The normalized spacial score (nSPS) is 18.0. The Morgan fingerprint density at radius 1 is 1.24 bits per heavy atom. The molecule has 1 N–H and O–H groups in total. The van der Waals surface area contributed by atoms with Crippen LogP contribution in [0.1, 0.15) is 12.2 Å². The first kappa shape index (κ1) is 13.4. The van der Waals surface area contributed by atoms with E-state index in [4.69, 9.17) is 4.42 Å². The van der Waals surface area contributed by atoms with Gasteiger partial charge in [-0.3, -0.25) is 9.59 Å². The summed E-state index contributed by atoms with van der Waals surface area (Å²) in [6.45, 7) is 0.773. The summed E-state index contributed by atoms with van der Waals surface area (Å²) in [5, 5.41) is 2.81. The number of benzene rings is 1. The van der Waals surface area contributed by atoms with E-state index in [1.54, 1.807) is 23.3 Å². The van der Waals surface area contributed by atoms with Crippen molar-refractivity contribution >= 4 is 17.5 Å². The lowest BCUT2D eigenvalue weighted by molar-refractivity contribution is -0.126. The second kappa shape index (κ2) is 5.83. The van der Waals surface area contributed by atoms with Crippen LogP contribution in [0.5, 0.6) is 0 Å². The van der Waals surface area contributed by atoms with Gasteiger partial charge >= 0.3 is 0 Å². The average molecular weight is 284 g/mol. The Morgan fingerprint density at radius 3 is 2.76 bits per heavy atom. The number of anilines is 1. The van der Waals surface area contributed by atoms with Crippen molar-refractivity contribution in [2.75, 3.05) is 11.4 Å². The van der Waals surface area contributed by atoms with Crippen LogP contribution in [-0.4, -0.2) is 18.4 Å². The van der Waals surface area contributed by atoms with Gasteiger partial charge in [-0.2, -0.15) is 0 Å². The third kappa shape index (κ3) is 2.97. The van der Waals surface area contributed by atoms with E-state index in [2.05, 4.69) is 5.32 Å². The van der Waals surface area contributed by atoms with Crippen molar-refractivity contribution in [3.05, 3.63) is 54.5 Å². The molecule has 2 heterocycles. The molecule has 0 saturated carbocycles. The van der Waals surface area contributed by atoms with Crippen molar-refractivity contribution in [1.29, 1.82) is 0 Å². The fraction of sp³-hybridized carbons (Fsp3) is 0.250. The first-order valence-electron chi connectivity index (χ1n) is 6.89. The Morgan fingerprint density at radius 2 is 2.05 bits per heavy atom. The Bertz CT molecular complexity index is 622. The fourth-order valence-electron chi connectivity index (χ4n) is 2.47. The molecule has 21 heavy (non-hydrogen) atoms. The summed E-state index contributed by atoms with van der Waals surface area (Å²) in [4.78, 5) is 25.8. The second-order valence-electron chi connectivity index (χ2n) is 5.04. The lowest BCUT2D eigenvalue weighted by atomic mass is 10.1. The maximum Gasteiger partial charge on any atom is 0.227 e. The van der Waals surface area contributed by atoms with Crippen molar-refractivity contribution in [3.8, 4) is 0 Å². The predicted octanol–water partition coefficient (Wildman–Crippen LogP) is 1.95. The Hall–Kier alpha value is -2.56. The van der Waals surface area contributed by atoms with Crippen LogP contribution < -0.4 is 10.2 Å². The number of hydrogen-bond donors (Lipinski definition) is 1. The first-order chi connectivity index (χ1) is 10.2. The quantitative estimate of drug-likeness (QED) is 0.933. The van der Waals surface area contributed by atoms with Crippen LogP contribution in [0.3, 0.4) is 0 Å². The van der Waals surface area contributed by atoms with Crippen molar-refractivity contribution in [2.24, 2.45) is 5.92 Å². The highest BCUT2D eigenvalue weighted by Gasteiger charge is 2.34. The minimum absolute atomic E-state index is 0.0145. The van der Waals surface area contributed by atoms with E-state index in [0.29, 0.717) is 18.8 Å². The molecule has 0 radical (unpaired) electrons.